The lowest BCUT2D eigenvalue weighted by atomic mass is 10.0. The molecule has 0 spiro atoms. The van der Waals surface area contributed by atoms with Crippen molar-refractivity contribution < 1.29 is 9.59 Å². The van der Waals surface area contributed by atoms with Gasteiger partial charge in [0.1, 0.15) is 0 Å². The predicted molar refractivity (Wildman–Crippen MR) is 86.9 cm³/mol. The number of rotatable bonds is 7. The number of piperidine rings is 1. The Hall–Kier alpha value is -1.21. The Kier molecular flexibility index (Phi) is 7.60. The molecule has 0 aliphatic carbocycles. The molecule has 0 saturated carbocycles. The van der Waals surface area contributed by atoms with Crippen LogP contribution >= 0.6 is 12.2 Å². The Morgan fingerprint density at radius 3 is 2.48 bits per heavy atom. The third-order valence-electron chi connectivity index (χ3n) is 3.76. The van der Waals surface area contributed by atoms with Gasteiger partial charge in [0.15, 0.2) is 0 Å². The molecule has 6 nitrogen and oxygen atoms in total. The van der Waals surface area contributed by atoms with Crippen molar-refractivity contribution in [1.82, 2.24) is 15.1 Å². The number of hydrogen-bond donors (Lipinski definition) is 2. The first-order valence-corrected chi connectivity index (χ1v) is 7.81. The summed E-state index contributed by atoms with van der Waals surface area (Å²) in [5.74, 6) is 0.151. The lowest BCUT2D eigenvalue weighted by molar-refractivity contribution is -0.130. The zero-order chi connectivity index (χ0) is 15.8. The molecule has 1 fully saturated rings. The van der Waals surface area contributed by atoms with Gasteiger partial charge in [-0.2, -0.15) is 0 Å². The van der Waals surface area contributed by atoms with Crippen molar-refractivity contribution >= 4 is 29.0 Å². The number of thiocarbonyl (C=S) groups is 1. The summed E-state index contributed by atoms with van der Waals surface area (Å²) in [5.41, 5.74) is 5.43. The van der Waals surface area contributed by atoms with Crippen LogP contribution in [0.4, 0.5) is 0 Å². The Morgan fingerprint density at radius 2 is 1.95 bits per heavy atom. The summed E-state index contributed by atoms with van der Waals surface area (Å²) >= 11 is 4.81. The van der Waals surface area contributed by atoms with E-state index < -0.39 is 0 Å². The summed E-state index contributed by atoms with van der Waals surface area (Å²) in [7, 11) is 1.78. The smallest absolute Gasteiger partial charge is 0.223 e. The van der Waals surface area contributed by atoms with Gasteiger partial charge in [0.25, 0.3) is 0 Å². The molecule has 2 amide bonds. The molecule has 1 rings (SSSR count). The summed E-state index contributed by atoms with van der Waals surface area (Å²) in [6.07, 6.45) is 2.98. The van der Waals surface area contributed by atoms with Crippen LogP contribution in [0, 0.1) is 0 Å². The minimum atomic E-state index is 0.0306. The Balaban J connectivity index is 2.19. The van der Waals surface area contributed by atoms with Crippen molar-refractivity contribution in [2.45, 2.75) is 38.6 Å². The lowest BCUT2D eigenvalue weighted by Crippen LogP contribution is -2.44. The van der Waals surface area contributed by atoms with Crippen LogP contribution in [0.5, 0.6) is 0 Å². The average Bonchev–Trinajstić information content (AvgIpc) is 2.43. The highest BCUT2D eigenvalue weighted by Crippen LogP contribution is 2.11. The van der Waals surface area contributed by atoms with Gasteiger partial charge < -0.3 is 20.9 Å². The van der Waals surface area contributed by atoms with Crippen molar-refractivity contribution in [2.75, 3.05) is 33.2 Å². The molecule has 0 aromatic rings. The third-order valence-corrected chi connectivity index (χ3v) is 3.96. The van der Waals surface area contributed by atoms with Crippen molar-refractivity contribution in [2.24, 2.45) is 5.73 Å². The fraction of sp³-hybridized carbons (Fsp3) is 0.786. The second-order valence-corrected chi connectivity index (χ2v) is 6.12. The molecule has 0 atom stereocenters. The normalized spacial score (nSPS) is 16.5. The van der Waals surface area contributed by atoms with E-state index >= 15 is 0 Å². The first kappa shape index (κ1) is 17.8. The number of amides is 2. The van der Waals surface area contributed by atoms with E-state index in [0.717, 1.165) is 32.5 Å². The molecule has 1 aliphatic rings. The van der Waals surface area contributed by atoms with E-state index in [4.69, 9.17) is 18.0 Å². The summed E-state index contributed by atoms with van der Waals surface area (Å²) in [6.45, 7) is 4.75. The van der Waals surface area contributed by atoms with Crippen LogP contribution in [-0.4, -0.2) is 65.9 Å². The Labute approximate surface area is 132 Å². The second kappa shape index (κ2) is 8.94. The van der Waals surface area contributed by atoms with Crippen LogP contribution in [0.25, 0.3) is 0 Å². The lowest BCUT2D eigenvalue weighted by Gasteiger charge is -2.32. The molecule has 3 N–H and O–H groups in total. The van der Waals surface area contributed by atoms with Crippen molar-refractivity contribution in [3.8, 4) is 0 Å². The number of nitrogens with one attached hydrogen (secondary N) is 1. The molecule has 1 aliphatic heterocycles. The number of likely N-dealkylation sites (tertiary alicyclic amines) is 1. The summed E-state index contributed by atoms with van der Waals surface area (Å²) in [6, 6.07) is 0.280. The van der Waals surface area contributed by atoms with Crippen LogP contribution in [0.2, 0.25) is 0 Å². The number of nitrogens with two attached hydrogens (primary N) is 1. The maximum absolute atomic E-state index is 12.0. The van der Waals surface area contributed by atoms with E-state index in [9.17, 15) is 9.59 Å². The van der Waals surface area contributed by atoms with Crippen LogP contribution in [-0.2, 0) is 9.59 Å². The first-order valence-electron chi connectivity index (χ1n) is 7.40. The highest BCUT2D eigenvalue weighted by molar-refractivity contribution is 7.80. The number of hydrogen-bond acceptors (Lipinski definition) is 4. The van der Waals surface area contributed by atoms with Gasteiger partial charge in [0.2, 0.25) is 11.8 Å². The van der Waals surface area contributed by atoms with Gasteiger partial charge >= 0.3 is 0 Å². The Morgan fingerprint density at radius 1 is 1.33 bits per heavy atom. The molecule has 1 saturated heterocycles. The van der Waals surface area contributed by atoms with Gasteiger partial charge in [-0.3, -0.25) is 9.59 Å². The summed E-state index contributed by atoms with van der Waals surface area (Å²) in [4.78, 5) is 27.4. The predicted octanol–water partition coefficient (Wildman–Crippen LogP) is 0.112. The first-order chi connectivity index (χ1) is 9.88. The van der Waals surface area contributed by atoms with Crippen LogP contribution in [0.3, 0.4) is 0 Å². The molecule has 7 heteroatoms. The summed E-state index contributed by atoms with van der Waals surface area (Å²) in [5, 5.41) is 2.95. The summed E-state index contributed by atoms with van der Waals surface area (Å²) < 4.78 is 0. The molecule has 1 heterocycles. The van der Waals surface area contributed by atoms with E-state index in [-0.39, 0.29) is 17.9 Å². The van der Waals surface area contributed by atoms with E-state index in [1.54, 1.807) is 18.9 Å². The van der Waals surface area contributed by atoms with Crippen molar-refractivity contribution in [1.29, 1.82) is 0 Å². The molecular formula is C14H26N4O2S. The molecule has 120 valence electrons. The topological polar surface area (TPSA) is 78.7 Å². The maximum Gasteiger partial charge on any atom is 0.223 e. The zero-order valence-corrected chi connectivity index (χ0v) is 13.7. The standard InChI is InChI=1S/C14H26N4O2S/c1-11(19)16-12-3-8-18(9-4-12)10-6-14(20)17(2)7-5-13(15)21/h12H,3-10H2,1-2H3,(H2,15,21)(H,16,19). The molecule has 0 aromatic carbocycles. The van der Waals surface area contributed by atoms with E-state index in [0.29, 0.717) is 24.4 Å². The molecular weight excluding hydrogens is 288 g/mol. The van der Waals surface area contributed by atoms with Crippen LogP contribution in [0.15, 0.2) is 0 Å². The van der Waals surface area contributed by atoms with Gasteiger partial charge in [-0.05, 0) is 12.8 Å². The third kappa shape index (κ3) is 7.38. The second-order valence-electron chi connectivity index (χ2n) is 5.60. The molecule has 0 unspecified atom stereocenters. The van der Waals surface area contributed by atoms with Crippen LogP contribution < -0.4 is 11.1 Å². The molecule has 0 aromatic heterocycles. The fourth-order valence-electron chi connectivity index (χ4n) is 2.44. The van der Waals surface area contributed by atoms with E-state index in [1.807, 2.05) is 0 Å². The van der Waals surface area contributed by atoms with Gasteiger partial charge in [-0.25, -0.2) is 0 Å². The number of nitrogens with zero attached hydrogens (tertiary/aromatic N) is 2. The SMILES string of the molecule is CC(=O)NC1CCN(CCC(=O)N(C)CCC(N)=S)CC1. The maximum atomic E-state index is 12.0. The number of carbonyl (C=O) groups excluding carboxylic acids is 2. The van der Waals surface area contributed by atoms with E-state index in [1.165, 1.54) is 0 Å². The van der Waals surface area contributed by atoms with Crippen molar-refractivity contribution in [3.05, 3.63) is 0 Å². The highest BCUT2D eigenvalue weighted by atomic mass is 32.1. The van der Waals surface area contributed by atoms with Crippen LogP contribution in [0.1, 0.15) is 32.6 Å². The fourth-order valence-corrected chi connectivity index (χ4v) is 2.53. The monoisotopic (exact) mass is 314 g/mol. The molecule has 0 bridgehead atoms. The Bertz CT molecular complexity index is 381. The minimum absolute atomic E-state index is 0.0306. The minimum Gasteiger partial charge on any atom is -0.393 e. The highest BCUT2D eigenvalue weighted by Gasteiger charge is 2.20. The molecule has 21 heavy (non-hydrogen) atoms. The largest absolute Gasteiger partial charge is 0.393 e. The van der Waals surface area contributed by atoms with Gasteiger partial charge in [-0.15, -0.1) is 0 Å². The quantitative estimate of drug-likeness (QED) is 0.652. The molecule has 0 radical (unpaired) electrons. The van der Waals surface area contributed by atoms with Gasteiger partial charge in [0, 0.05) is 59.0 Å². The van der Waals surface area contributed by atoms with Gasteiger partial charge in [0.05, 0.1) is 4.99 Å². The zero-order valence-electron chi connectivity index (χ0n) is 12.9. The van der Waals surface area contributed by atoms with Gasteiger partial charge in [-0.1, -0.05) is 12.2 Å². The number of carbonyl (C=O) groups is 2. The average molecular weight is 314 g/mol. The van der Waals surface area contributed by atoms with Crippen molar-refractivity contribution in [3.63, 3.8) is 0 Å². The van der Waals surface area contributed by atoms with E-state index in [2.05, 4.69) is 10.2 Å².